The van der Waals surface area contributed by atoms with Crippen molar-refractivity contribution in [2.75, 3.05) is 5.32 Å². The number of anilines is 1. The van der Waals surface area contributed by atoms with Gasteiger partial charge >= 0.3 is 0 Å². The van der Waals surface area contributed by atoms with Gasteiger partial charge in [-0.1, -0.05) is 0 Å². The van der Waals surface area contributed by atoms with Gasteiger partial charge in [-0.25, -0.2) is 8.78 Å². The first kappa shape index (κ1) is 22.5. The number of nitrogens with one attached hydrogen (secondary N) is 2. The van der Waals surface area contributed by atoms with Gasteiger partial charge in [-0.15, -0.1) is 0 Å². The highest BCUT2D eigenvalue weighted by Gasteiger charge is 2.16. The SMILES string of the molecule is N=CCc1ncccc1Oc1ccc(NC(=O)c2ccnn(-c3ccc(F)cc3)c2=O)cc1F. The van der Waals surface area contributed by atoms with Gasteiger partial charge in [0.25, 0.3) is 11.5 Å². The number of ether oxygens (including phenoxy) is 1. The zero-order chi connectivity index (χ0) is 24.1. The smallest absolute Gasteiger partial charge is 0.284 e. The molecule has 0 fully saturated rings. The Morgan fingerprint density at radius 1 is 1.06 bits per heavy atom. The van der Waals surface area contributed by atoms with E-state index >= 15 is 0 Å². The molecule has 0 spiro atoms. The summed E-state index contributed by atoms with van der Waals surface area (Å²) in [6.07, 6.45) is 4.20. The second-order valence-electron chi connectivity index (χ2n) is 7.00. The van der Waals surface area contributed by atoms with Crippen LogP contribution in [0, 0.1) is 17.0 Å². The van der Waals surface area contributed by atoms with E-state index < -0.39 is 23.1 Å². The van der Waals surface area contributed by atoms with Crippen LogP contribution in [0.5, 0.6) is 11.5 Å². The second-order valence-corrected chi connectivity index (χ2v) is 7.00. The third-order valence-corrected chi connectivity index (χ3v) is 4.72. The summed E-state index contributed by atoms with van der Waals surface area (Å²) in [4.78, 5) is 29.5. The number of hydrogen-bond acceptors (Lipinski definition) is 6. The van der Waals surface area contributed by atoms with Crippen molar-refractivity contribution >= 4 is 17.8 Å². The number of nitrogens with zero attached hydrogens (tertiary/aromatic N) is 3. The van der Waals surface area contributed by atoms with Gasteiger partial charge in [0.1, 0.15) is 17.1 Å². The van der Waals surface area contributed by atoms with Crippen LogP contribution in [0.3, 0.4) is 0 Å². The lowest BCUT2D eigenvalue weighted by Gasteiger charge is -2.11. The van der Waals surface area contributed by atoms with E-state index in [9.17, 15) is 18.4 Å². The topological polar surface area (TPSA) is 110 Å². The highest BCUT2D eigenvalue weighted by molar-refractivity contribution is 6.04. The van der Waals surface area contributed by atoms with Crippen molar-refractivity contribution in [2.24, 2.45) is 0 Å². The van der Waals surface area contributed by atoms with Gasteiger partial charge in [0, 0.05) is 36.8 Å². The molecule has 170 valence electrons. The van der Waals surface area contributed by atoms with Crippen LogP contribution in [0.1, 0.15) is 16.1 Å². The molecule has 0 unspecified atom stereocenters. The summed E-state index contributed by atoms with van der Waals surface area (Å²) >= 11 is 0. The summed E-state index contributed by atoms with van der Waals surface area (Å²) in [7, 11) is 0. The normalized spacial score (nSPS) is 10.5. The zero-order valence-electron chi connectivity index (χ0n) is 17.5. The van der Waals surface area contributed by atoms with Crippen molar-refractivity contribution in [1.29, 1.82) is 5.41 Å². The van der Waals surface area contributed by atoms with Crippen LogP contribution in [0.15, 0.2) is 77.9 Å². The fourth-order valence-corrected chi connectivity index (χ4v) is 3.10. The van der Waals surface area contributed by atoms with Crippen LogP contribution >= 0.6 is 0 Å². The lowest BCUT2D eigenvalue weighted by atomic mass is 10.2. The van der Waals surface area contributed by atoms with Crippen LogP contribution in [-0.4, -0.2) is 26.9 Å². The summed E-state index contributed by atoms with van der Waals surface area (Å²) in [5.41, 5.74) is -0.0878. The largest absolute Gasteiger partial charge is 0.452 e. The maximum Gasteiger partial charge on any atom is 0.284 e. The summed E-state index contributed by atoms with van der Waals surface area (Å²) in [5, 5.41) is 13.6. The van der Waals surface area contributed by atoms with E-state index in [0.717, 1.165) is 17.0 Å². The van der Waals surface area contributed by atoms with Gasteiger partial charge < -0.3 is 15.5 Å². The molecule has 10 heteroatoms. The van der Waals surface area contributed by atoms with Gasteiger partial charge in [0.15, 0.2) is 11.6 Å². The lowest BCUT2D eigenvalue weighted by Crippen LogP contribution is -2.29. The second kappa shape index (κ2) is 9.82. The molecule has 4 rings (SSSR count). The number of benzene rings is 2. The highest BCUT2D eigenvalue weighted by Crippen LogP contribution is 2.28. The van der Waals surface area contributed by atoms with Crippen molar-refractivity contribution in [3.8, 4) is 17.2 Å². The molecular weight excluding hydrogens is 444 g/mol. The number of carbonyl (C=O) groups excluding carboxylic acids is 1. The minimum Gasteiger partial charge on any atom is -0.452 e. The number of halogens is 2. The van der Waals surface area contributed by atoms with E-state index in [-0.39, 0.29) is 29.1 Å². The van der Waals surface area contributed by atoms with Gasteiger partial charge in [-0.05, 0) is 54.6 Å². The molecule has 0 saturated carbocycles. The Morgan fingerprint density at radius 3 is 2.59 bits per heavy atom. The Labute approximate surface area is 192 Å². The molecule has 2 heterocycles. The summed E-state index contributed by atoms with van der Waals surface area (Å²) in [6, 6.07) is 13.3. The third kappa shape index (κ3) is 4.85. The minimum absolute atomic E-state index is 0.0974. The first-order valence-electron chi connectivity index (χ1n) is 10.0. The number of amides is 1. The van der Waals surface area contributed by atoms with Crippen LogP contribution in [0.2, 0.25) is 0 Å². The average molecular weight is 461 g/mol. The van der Waals surface area contributed by atoms with Gasteiger partial charge in [-0.2, -0.15) is 9.78 Å². The number of carbonyl (C=O) groups is 1. The zero-order valence-corrected chi connectivity index (χ0v) is 17.5. The molecule has 0 bridgehead atoms. The van der Waals surface area contributed by atoms with Crippen molar-refractivity contribution in [3.63, 3.8) is 0 Å². The average Bonchev–Trinajstić information content (AvgIpc) is 2.83. The molecule has 0 radical (unpaired) electrons. The Hall–Kier alpha value is -4.73. The van der Waals surface area contributed by atoms with Crippen LogP contribution < -0.4 is 15.6 Å². The van der Waals surface area contributed by atoms with Crippen molar-refractivity contribution in [3.05, 3.63) is 106 Å². The van der Waals surface area contributed by atoms with E-state index in [1.54, 1.807) is 18.3 Å². The Kier molecular flexibility index (Phi) is 6.49. The number of aromatic nitrogens is 3. The molecule has 0 aliphatic rings. The molecule has 0 aliphatic carbocycles. The molecule has 4 aromatic rings. The minimum atomic E-state index is -0.767. The molecule has 2 aromatic heterocycles. The molecule has 0 aliphatic heterocycles. The maximum absolute atomic E-state index is 14.7. The fraction of sp³-hybridized carbons (Fsp3) is 0.0417. The third-order valence-electron chi connectivity index (χ3n) is 4.72. The standard InChI is InChI=1S/C24H17F2N5O3/c25-15-3-6-17(7-4-15)31-24(33)18(10-13-29-31)23(32)30-16-5-8-21(19(26)14-16)34-22-2-1-12-28-20(22)9-11-27/h1-8,10-14,27H,9H2,(H,30,32). The van der Waals surface area contributed by atoms with E-state index in [1.165, 1.54) is 48.7 Å². The number of hydrogen-bond donors (Lipinski definition) is 2. The fourth-order valence-electron chi connectivity index (χ4n) is 3.10. The first-order valence-corrected chi connectivity index (χ1v) is 10.0. The quantitative estimate of drug-likeness (QED) is 0.402. The lowest BCUT2D eigenvalue weighted by molar-refractivity contribution is 0.102. The highest BCUT2D eigenvalue weighted by atomic mass is 19.1. The Morgan fingerprint density at radius 2 is 1.85 bits per heavy atom. The van der Waals surface area contributed by atoms with Gasteiger partial charge in [0.2, 0.25) is 0 Å². The Bertz CT molecular complexity index is 1420. The van der Waals surface area contributed by atoms with E-state index in [2.05, 4.69) is 15.4 Å². The predicted molar refractivity (Wildman–Crippen MR) is 121 cm³/mol. The van der Waals surface area contributed by atoms with Crippen LogP contribution in [-0.2, 0) is 6.42 Å². The van der Waals surface area contributed by atoms with Crippen LogP contribution in [0.25, 0.3) is 5.69 Å². The number of pyridine rings is 1. The van der Waals surface area contributed by atoms with E-state index in [0.29, 0.717) is 11.4 Å². The van der Waals surface area contributed by atoms with Gasteiger partial charge in [0.05, 0.1) is 11.4 Å². The van der Waals surface area contributed by atoms with Gasteiger partial charge in [-0.3, -0.25) is 14.6 Å². The maximum atomic E-state index is 14.7. The number of rotatable bonds is 7. The van der Waals surface area contributed by atoms with E-state index in [1.807, 2.05) is 0 Å². The molecule has 34 heavy (non-hydrogen) atoms. The van der Waals surface area contributed by atoms with Crippen molar-refractivity contribution in [1.82, 2.24) is 14.8 Å². The molecule has 2 N–H and O–H groups in total. The van der Waals surface area contributed by atoms with E-state index in [4.69, 9.17) is 10.1 Å². The molecular formula is C24H17F2N5O3. The molecule has 1 amide bonds. The first-order chi connectivity index (χ1) is 16.5. The van der Waals surface area contributed by atoms with Crippen molar-refractivity contribution < 1.29 is 18.3 Å². The molecule has 8 nitrogen and oxygen atoms in total. The predicted octanol–water partition coefficient (Wildman–Crippen LogP) is 4.14. The summed E-state index contributed by atoms with van der Waals surface area (Å²) < 4.78 is 34.4. The Balaban J connectivity index is 1.54. The molecule has 0 atom stereocenters. The molecule has 2 aromatic carbocycles. The summed E-state index contributed by atoms with van der Waals surface area (Å²) in [6.45, 7) is 0. The van der Waals surface area contributed by atoms with Crippen LogP contribution in [0.4, 0.5) is 14.5 Å². The monoisotopic (exact) mass is 461 g/mol. The summed E-state index contributed by atoms with van der Waals surface area (Å²) in [5.74, 6) is -1.79. The molecule has 0 saturated heterocycles. The van der Waals surface area contributed by atoms with Crippen molar-refractivity contribution in [2.45, 2.75) is 6.42 Å².